The highest BCUT2D eigenvalue weighted by Crippen LogP contribution is 2.33. The number of halogens is 3. The molecule has 0 aromatic heterocycles. The van der Waals surface area contributed by atoms with Gasteiger partial charge in [-0.05, 0) is 48.9 Å². The number of ether oxygens (including phenoxy) is 1. The highest BCUT2D eigenvalue weighted by atomic mass is 19.4. The predicted molar refractivity (Wildman–Crippen MR) is 77.3 cm³/mol. The van der Waals surface area contributed by atoms with E-state index in [2.05, 4.69) is 6.92 Å². The topological polar surface area (TPSA) is 9.23 Å². The van der Waals surface area contributed by atoms with Gasteiger partial charge in [-0.3, -0.25) is 0 Å². The average molecular weight is 300 g/mol. The van der Waals surface area contributed by atoms with Crippen molar-refractivity contribution in [2.45, 2.75) is 51.6 Å². The van der Waals surface area contributed by atoms with Crippen molar-refractivity contribution in [2.75, 3.05) is 6.61 Å². The Hall–Kier alpha value is -1.19. The summed E-state index contributed by atoms with van der Waals surface area (Å²) >= 11 is 0. The summed E-state index contributed by atoms with van der Waals surface area (Å²) < 4.78 is 43.0. The fourth-order valence-electron chi connectivity index (χ4n) is 3.05. The first-order chi connectivity index (χ1) is 9.99. The van der Waals surface area contributed by atoms with Crippen LogP contribution in [-0.2, 0) is 6.18 Å². The van der Waals surface area contributed by atoms with E-state index in [4.69, 9.17) is 4.74 Å². The third-order valence-corrected chi connectivity index (χ3v) is 4.33. The Morgan fingerprint density at radius 1 is 1.00 bits per heavy atom. The monoisotopic (exact) mass is 300 g/mol. The average Bonchev–Trinajstić information content (AvgIpc) is 2.46. The standard InChI is InChI=1S/C17H23F3O/c1-2-3-13-4-6-14(7-5-13)12-21-16-10-8-15(9-11-16)17(18,19)20/h8-11,13-14H,2-7,12H2,1H3. The molecule has 0 amide bonds. The second-order valence-electron chi connectivity index (χ2n) is 6.01. The summed E-state index contributed by atoms with van der Waals surface area (Å²) in [7, 11) is 0. The van der Waals surface area contributed by atoms with Crippen LogP contribution in [0.4, 0.5) is 13.2 Å². The van der Waals surface area contributed by atoms with Crippen molar-refractivity contribution in [1.29, 1.82) is 0 Å². The minimum absolute atomic E-state index is 0.527. The molecule has 4 heteroatoms. The molecule has 0 unspecified atom stereocenters. The van der Waals surface area contributed by atoms with Crippen molar-refractivity contribution in [1.82, 2.24) is 0 Å². The molecule has 1 aromatic rings. The predicted octanol–water partition coefficient (Wildman–Crippen LogP) is 5.69. The molecule has 118 valence electrons. The minimum Gasteiger partial charge on any atom is -0.493 e. The molecule has 1 saturated carbocycles. The van der Waals surface area contributed by atoms with E-state index < -0.39 is 11.7 Å². The number of hydrogen-bond donors (Lipinski definition) is 0. The summed E-state index contributed by atoms with van der Waals surface area (Å²) in [5.74, 6) is 1.93. The van der Waals surface area contributed by atoms with Gasteiger partial charge >= 0.3 is 6.18 Å². The molecule has 0 bridgehead atoms. The highest BCUT2D eigenvalue weighted by Gasteiger charge is 2.30. The van der Waals surface area contributed by atoms with Crippen LogP contribution in [0.25, 0.3) is 0 Å². The fourth-order valence-corrected chi connectivity index (χ4v) is 3.05. The van der Waals surface area contributed by atoms with E-state index in [0.717, 1.165) is 18.1 Å². The maximum absolute atomic E-state index is 12.5. The Labute approximate surface area is 124 Å². The van der Waals surface area contributed by atoms with Gasteiger partial charge in [0.15, 0.2) is 0 Å². The summed E-state index contributed by atoms with van der Waals surface area (Å²) in [5.41, 5.74) is -0.630. The van der Waals surface area contributed by atoms with Gasteiger partial charge in [-0.2, -0.15) is 13.2 Å². The minimum atomic E-state index is -4.28. The molecule has 2 rings (SSSR count). The van der Waals surface area contributed by atoms with Crippen molar-refractivity contribution in [3.63, 3.8) is 0 Å². The van der Waals surface area contributed by atoms with Gasteiger partial charge in [-0.25, -0.2) is 0 Å². The number of alkyl halides is 3. The molecule has 1 fully saturated rings. The first-order valence-corrected chi connectivity index (χ1v) is 7.79. The quantitative estimate of drug-likeness (QED) is 0.678. The molecule has 0 heterocycles. The van der Waals surface area contributed by atoms with Gasteiger partial charge in [0.05, 0.1) is 12.2 Å². The molecule has 1 aliphatic rings. The Bertz CT molecular complexity index is 417. The summed E-state index contributed by atoms with van der Waals surface area (Å²) in [5, 5.41) is 0. The van der Waals surface area contributed by atoms with Gasteiger partial charge in [0, 0.05) is 0 Å². The molecule has 0 radical (unpaired) electrons. The summed E-state index contributed by atoms with van der Waals surface area (Å²) in [4.78, 5) is 0. The second kappa shape index (κ2) is 7.19. The maximum Gasteiger partial charge on any atom is 0.416 e. The number of rotatable bonds is 5. The lowest BCUT2D eigenvalue weighted by molar-refractivity contribution is -0.137. The van der Waals surface area contributed by atoms with E-state index in [1.807, 2.05) is 0 Å². The van der Waals surface area contributed by atoms with E-state index in [1.165, 1.54) is 50.7 Å². The largest absolute Gasteiger partial charge is 0.493 e. The van der Waals surface area contributed by atoms with Crippen LogP contribution in [0.5, 0.6) is 5.75 Å². The summed E-state index contributed by atoms with van der Waals surface area (Å²) in [6.07, 6.45) is 3.14. The first kappa shape index (κ1) is 16.2. The molecule has 0 N–H and O–H groups in total. The first-order valence-electron chi connectivity index (χ1n) is 7.79. The van der Waals surface area contributed by atoms with E-state index in [1.54, 1.807) is 0 Å². The molecule has 1 aromatic carbocycles. The van der Waals surface area contributed by atoms with Crippen LogP contribution < -0.4 is 4.74 Å². The van der Waals surface area contributed by atoms with E-state index >= 15 is 0 Å². The molecule has 0 aliphatic heterocycles. The lowest BCUT2D eigenvalue weighted by atomic mass is 9.80. The Balaban J connectivity index is 1.76. The van der Waals surface area contributed by atoms with Crippen molar-refractivity contribution in [2.24, 2.45) is 11.8 Å². The summed E-state index contributed by atoms with van der Waals surface area (Å²) in [6, 6.07) is 4.97. The smallest absolute Gasteiger partial charge is 0.416 e. The molecule has 1 nitrogen and oxygen atoms in total. The molecule has 1 aliphatic carbocycles. The molecule has 0 atom stereocenters. The Morgan fingerprint density at radius 3 is 2.10 bits per heavy atom. The zero-order chi connectivity index (χ0) is 15.3. The zero-order valence-electron chi connectivity index (χ0n) is 12.5. The van der Waals surface area contributed by atoms with Crippen molar-refractivity contribution < 1.29 is 17.9 Å². The van der Waals surface area contributed by atoms with Crippen LogP contribution in [0.2, 0.25) is 0 Å². The van der Waals surface area contributed by atoms with E-state index in [0.29, 0.717) is 18.3 Å². The van der Waals surface area contributed by atoms with Crippen molar-refractivity contribution in [3.05, 3.63) is 29.8 Å². The molecule has 21 heavy (non-hydrogen) atoms. The van der Waals surface area contributed by atoms with Gasteiger partial charge in [-0.1, -0.05) is 32.6 Å². The fraction of sp³-hybridized carbons (Fsp3) is 0.647. The second-order valence-corrected chi connectivity index (χ2v) is 6.01. The van der Waals surface area contributed by atoms with Gasteiger partial charge in [-0.15, -0.1) is 0 Å². The van der Waals surface area contributed by atoms with Crippen molar-refractivity contribution in [3.8, 4) is 5.75 Å². The molecular weight excluding hydrogens is 277 g/mol. The van der Waals surface area contributed by atoms with Crippen LogP contribution >= 0.6 is 0 Å². The lowest BCUT2D eigenvalue weighted by Gasteiger charge is -2.28. The Kier molecular flexibility index (Phi) is 5.54. The van der Waals surface area contributed by atoms with E-state index in [9.17, 15) is 13.2 Å². The van der Waals surface area contributed by atoms with Gasteiger partial charge in [0.1, 0.15) is 5.75 Å². The van der Waals surface area contributed by atoms with Crippen LogP contribution in [0.3, 0.4) is 0 Å². The number of benzene rings is 1. The summed E-state index contributed by atoms with van der Waals surface area (Å²) in [6.45, 7) is 2.84. The van der Waals surface area contributed by atoms with Crippen LogP contribution in [0, 0.1) is 11.8 Å². The van der Waals surface area contributed by atoms with Crippen LogP contribution in [0.1, 0.15) is 51.0 Å². The molecule has 0 spiro atoms. The molecule has 0 saturated heterocycles. The van der Waals surface area contributed by atoms with Gasteiger partial charge in [0.25, 0.3) is 0 Å². The Morgan fingerprint density at radius 2 is 1.57 bits per heavy atom. The van der Waals surface area contributed by atoms with E-state index in [-0.39, 0.29) is 0 Å². The molecular formula is C17H23F3O. The van der Waals surface area contributed by atoms with Crippen LogP contribution in [-0.4, -0.2) is 6.61 Å². The van der Waals surface area contributed by atoms with Gasteiger partial charge < -0.3 is 4.74 Å². The van der Waals surface area contributed by atoms with Crippen LogP contribution in [0.15, 0.2) is 24.3 Å². The highest BCUT2D eigenvalue weighted by molar-refractivity contribution is 5.28. The third-order valence-electron chi connectivity index (χ3n) is 4.33. The maximum atomic E-state index is 12.5. The third kappa shape index (κ3) is 4.94. The van der Waals surface area contributed by atoms with Gasteiger partial charge in [0.2, 0.25) is 0 Å². The number of hydrogen-bond acceptors (Lipinski definition) is 1. The van der Waals surface area contributed by atoms with Crippen molar-refractivity contribution >= 4 is 0 Å². The normalized spacial score (nSPS) is 23.0. The zero-order valence-corrected chi connectivity index (χ0v) is 12.5. The SMILES string of the molecule is CCCC1CCC(COc2ccc(C(F)(F)F)cc2)CC1. The lowest BCUT2D eigenvalue weighted by Crippen LogP contribution is -2.20.